The van der Waals surface area contributed by atoms with Crippen LogP contribution < -0.4 is 5.32 Å². The Bertz CT molecular complexity index is 324. The molecule has 2 unspecified atom stereocenters. The summed E-state index contributed by atoms with van der Waals surface area (Å²) in [6, 6.07) is 2.07. The van der Waals surface area contributed by atoms with Crippen LogP contribution in [-0.4, -0.2) is 16.5 Å². The zero-order valence-electron chi connectivity index (χ0n) is 9.53. The van der Waals surface area contributed by atoms with Gasteiger partial charge in [0.15, 0.2) is 0 Å². The maximum Gasteiger partial charge on any atom is 0.129 e. The van der Waals surface area contributed by atoms with Crippen molar-refractivity contribution in [3.63, 3.8) is 0 Å². The standard InChI is InChI=1S/C12H19N3/c1-3-4-11-6-12(15-8-14-11)13-7-10-5-9(10)2/h6,8-10H,3-5,7H2,1-2H3,(H,13,14,15). The molecule has 1 aromatic heterocycles. The van der Waals surface area contributed by atoms with Gasteiger partial charge in [-0.15, -0.1) is 0 Å². The Balaban J connectivity index is 1.87. The number of nitrogens with one attached hydrogen (secondary N) is 1. The zero-order valence-corrected chi connectivity index (χ0v) is 9.53. The van der Waals surface area contributed by atoms with Gasteiger partial charge in [-0.05, 0) is 24.7 Å². The molecule has 1 saturated carbocycles. The van der Waals surface area contributed by atoms with Crippen LogP contribution in [-0.2, 0) is 6.42 Å². The zero-order chi connectivity index (χ0) is 10.7. The molecule has 0 bridgehead atoms. The summed E-state index contributed by atoms with van der Waals surface area (Å²) in [5, 5.41) is 3.38. The first-order valence-corrected chi connectivity index (χ1v) is 5.84. The summed E-state index contributed by atoms with van der Waals surface area (Å²) in [7, 11) is 0. The van der Waals surface area contributed by atoms with Gasteiger partial charge in [0.05, 0.1) is 0 Å². The van der Waals surface area contributed by atoms with Gasteiger partial charge in [0.25, 0.3) is 0 Å². The van der Waals surface area contributed by atoms with Gasteiger partial charge in [-0.3, -0.25) is 0 Å². The third kappa shape index (κ3) is 2.91. The average molecular weight is 205 g/mol. The Morgan fingerprint density at radius 1 is 1.47 bits per heavy atom. The monoisotopic (exact) mass is 205 g/mol. The van der Waals surface area contributed by atoms with Crippen LogP contribution in [0.25, 0.3) is 0 Å². The number of hydrogen-bond acceptors (Lipinski definition) is 3. The molecule has 15 heavy (non-hydrogen) atoms. The molecule has 0 amide bonds. The molecular weight excluding hydrogens is 186 g/mol. The van der Waals surface area contributed by atoms with Crippen molar-refractivity contribution in [1.82, 2.24) is 9.97 Å². The van der Waals surface area contributed by atoms with E-state index in [9.17, 15) is 0 Å². The summed E-state index contributed by atoms with van der Waals surface area (Å²) >= 11 is 0. The molecule has 0 radical (unpaired) electrons. The largest absolute Gasteiger partial charge is 0.370 e. The molecule has 1 aliphatic carbocycles. The molecule has 82 valence electrons. The van der Waals surface area contributed by atoms with Crippen molar-refractivity contribution in [1.29, 1.82) is 0 Å². The number of aryl methyl sites for hydroxylation is 1. The fourth-order valence-electron chi connectivity index (χ4n) is 1.81. The average Bonchev–Trinajstić information content (AvgIpc) is 2.93. The summed E-state index contributed by atoms with van der Waals surface area (Å²) in [6.07, 6.45) is 5.19. The summed E-state index contributed by atoms with van der Waals surface area (Å²) < 4.78 is 0. The van der Waals surface area contributed by atoms with Crippen LogP contribution in [0.5, 0.6) is 0 Å². The van der Waals surface area contributed by atoms with E-state index < -0.39 is 0 Å². The van der Waals surface area contributed by atoms with Gasteiger partial charge in [-0.2, -0.15) is 0 Å². The Morgan fingerprint density at radius 3 is 2.93 bits per heavy atom. The molecule has 1 fully saturated rings. The number of nitrogens with zero attached hydrogens (tertiary/aromatic N) is 2. The number of aromatic nitrogens is 2. The topological polar surface area (TPSA) is 37.8 Å². The second kappa shape index (κ2) is 4.60. The number of hydrogen-bond donors (Lipinski definition) is 1. The highest BCUT2D eigenvalue weighted by atomic mass is 15.0. The summed E-state index contributed by atoms with van der Waals surface area (Å²) in [5.74, 6) is 2.73. The highest BCUT2D eigenvalue weighted by molar-refractivity contribution is 5.35. The van der Waals surface area contributed by atoms with Crippen molar-refractivity contribution in [3.05, 3.63) is 18.1 Å². The molecule has 0 saturated heterocycles. The third-order valence-electron chi connectivity index (χ3n) is 3.05. The van der Waals surface area contributed by atoms with Crippen molar-refractivity contribution >= 4 is 5.82 Å². The molecule has 0 spiro atoms. The van der Waals surface area contributed by atoms with E-state index in [4.69, 9.17) is 0 Å². The highest BCUT2D eigenvalue weighted by Crippen LogP contribution is 2.37. The lowest BCUT2D eigenvalue weighted by Crippen LogP contribution is -2.06. The van der Waals surface area contributed by atoms with E-state index >= 15 is 0 Å². The Hall–Kier alpha value is -1.12. The molecule has 2 atom stereocenters. The molecule has 0 aromatic carbocycles. The lowest BCUT2D eigenvalue weighted by Gasteiger charge is -2.05. The van der Waals surface area contributed by atoms with Gasteiger partial charge in [0.1, 0.15) is 12.1 Å². The summed E-state index contributed by atoms with van der Waals surface area (Å²) in [6.45, 7) is 5.53. The van der Waals surface area contributed by atoms with Crippen molar-refractivity contribution in [3.8, 4) is 0 Å². The van der Waals surface area contributed by atoms with Crippen molar-refractivity contribution in [2.75, 3.05) is 11.9 Å². The lowest BCUT2D eigenvalue weighted by molar-refractivity contribution is 0.782. The minimum Gasteiger partial charge on any atom is -0.370 e. The predicted octanol–water partition coefficient (Wildman–Crippen LogP) is 2.50. The highest BCUT2D eigenvalue weighted by Gasteiger charge is 2.31. The SMILES string of the molecule is CCCc1cc(NCC2CC2C)ncn1. The van der Waals surface area contributed by atoms with E-state index in [1.807, 2.05) is 0 Å². The molecule has 2 rings (SSSR count). The maximum atomic E-state index is 4.24. The third-order valence-corrected chi connectivity index (χ3v) is 3.05. The summed E-state index contributed by atoms with van der Waals surface area (Å²) in [4.78, 5) is 8.46. The Morgan fingerprint density at radius 2 is 2.27 bits per heavy atom. The summed E-state index contributed by atoms with van der Waals surface area (Å²) in [5.41, 5.74) is 1.14. The second-order valence-electron chi connectivity index (χ2n) is 4.50. The van der Waals surface area contributed by atoms with Crippen LogP contribution in [0.2, 0.25) is 0 Å². The minimum absolute atomic E-state index is 0.856. The van der Waals surface area contributed by atoms with Gasteiger partial charge < -0.3 is 5.32 Å². The molecule has 1 heterocycles. The van der Waals surface area contributed by atoms with Crippen LogP contribution >= 0.6 is 0 Å². The Labute approximate surface area is 91.3 Å². The molecule has 1 aromatic rings. The first-order chi connectivity index (χ1) is 7.29. The quantitative estimate of drug-likeness (QED) is 0.802. The van der Waals surface area contributed by atoms with Crippen LogP contribution in [0.4, 0.5) is 5.82 Å². The van der Waals surface area contributed by atoms with E-state index in [-0.39, 0.29) is 0 Å². The smallest absolute Gasteiger partial charge is 0.129 e. The van der Waals surface area contributed by atoms with Gasteiger partial charge in [-0.25, -0.2) is 9.97 Å². The van der Waals surface area contributed by atoms with E-state index in [1.165, 1.54) is 6.42 Å². The molecule has 0 aliphatic heterocycles. The molecular formula is C12H19N3. The minimum atomic E-state index is 0.856. The van der Waals surface area contributed by atoms with Gasteiger partial charge in [0, 0.05) is 18.3 Å². The maximum absolute atomic E-state index is 4.24. The lowest BCUT2D eigenvalue weighted by atomic mass is 10.2. The molecule has 3 nitrogen and oxygen atoms in total. The van der Waals surface area contributed by atoms with Crippen LogP contribution in [0.3, 0.4) is 0 Å². The molecule has 1 N–H and O–H groups in total. The first-order valence-electron chi connectivity index (χ1n) is 5.84. The number of anilines is 1. The van der Waals surface area contributed by atoms with E-state index in [0.29, 0.717) is 0 Å². The van der Waals surface area contributed by atoms with E-state index in [0.717, 1.165) is 42.7 Å². The second-order valence-corrected chi connectivity index (χ2v) is 4.50. The van der Waals surface area contributed by atoms with Gasteiger partial charge >= 0.3 is 0 Å². The van der Waals surface area contributed by atoms with Crippen LogP contribution in [0.15, 0.2) is 12.4 Å². The molecule has 3 heteroatoms. The fraction of sp³-hybridized carbons (Fsp3) is 0.667. The van der Waals surface area contributed by atoms with Crippen molar-refractivity contribution in [2.24, 2.45) is 11.8 Å². The predicted molar refractivity (Wildman–Crippen MR) is 61.8 cm³/mol. The van der Waals surface area contributed by atoms with E-state index in [1.54, 1.807) is 6.33 Å². The normalized spacial score (nSPS) is 23.9. The fourth-order valence-corrected chi connectivity index (χ4v) is 1.81. The Kier molecular flexibility index (Phi) is 3.19. The van der Waals surface area contributed by atoms with Crippen molar-refractivity contribution in [2.45, 2.75) is 33.1 Å². The van der Waals surface area contributed by atoms with Crippen molar-refractivity contribution < 1.29 is 0 Å². The number of rotatable bonds is 5. The van der Waals surface area contributed by atoms with E-state index in [2.05, 4.69) is 35.2 Å². The first kappa shape index (κ1) is 10.4. The van der Waals surface area contributed by atoms with Gasteiger partial charge in [-0.1, -0.05) is 20.3 Å². The van der Waals surface area contributed by atoms with Crippen LogP contribution in [0, 0.1) is 11.8 Å². The van der Waals surface area contributed by atoms with Gasteiger partial charge in [0.2, 0.25) is 0 Å². The molecule has 1 aliphatic rings. The van der Waals surface area contributed by atoms with Crippen LogP contribution in [0.1, 0.15) is 32.4 Å².